The number of hydrogen-bond donors (Lipinski definition) is 3. The molecule has 1 fully saturated rings. The van der Waals surface area contributed by atoms with Crippen LogP contribution in [0.3, 0.4) is 0 Å². The van der Waals surface area contributed by atoms with Crippen molar-refractivity contribution in [3.63, 3.8) is 0 Å². The fourth-order valence-corrected chi connectivity index (χ4v) is 3.78. The Balaban J connectivity index is 2.42. The maximum Gasteiger partial charge on any atom is 0.337 e. The summed E-state index contributed by atoms with van der Waals surface area (Å²) in [6.07, 6.45) is 2.47. The van der Waals surface area contributed by atoms with Crippen LogP contribution in [0.25, 0.3) is 0 Å². The van der Waals surface area contributed by atoms with Crippen LogP contribution in [0.2, 0.25) is 0 Å². The molecule has 7 heteroatoms. The van der Waals surface area contributed by atoms with Crippen LogP contribution in [0.1, 0.15) is 36.5 Å². The van der Waals surface area contributed by atoms with Gasteiger partial charge in [-0.3, -0.25) is 0 Å². The first-order chi connectivity index (χ1) is 8.73. The smallest absolute Gasteiger partial charge is 0.337 e. The zero-order chi connectivity index (χ0) is 14.3. The number of nitrogen functional groups attached to an aromatic ring is 1. The lowest BCUT2D eigenvalue weighted by atomic mass is 9.80. The molecule has 0 bridgehead atoms. The number of rotatable bonds is 4. The van der Waals surface area contributed by atoms with Gasteiger partial charge in [0.1, 0.15) is 0 Å². The highest BCUT2D eigenvalue weighted by atomic mass is 32.2. The van der Waals surface area contributed by atoms with E-state index in [2.05, 4.69) is 4.72 Å². The topological polar surface area (TPSA) is 109 Å². The summed E-state index contributed by atoms with van der Waals surface area (Å²) in [6.45, 7) is 1.81. The van der Waals surface area contributed by atoms with Crippen LogP contribution >= 0.6 is 0 Å². The average molecular weight is 284 g/mol. The van der Waals surface area contributed by atoms with Crippen LogP contribution in [-0.4, -0.2) is 25.0 Å². The second-order valence-corrected chi connectivity index (χ2v) is 6.73. The summed E-state index contributed by atoms with van der Waals surface area (Å²) in [5.74, 6) is -1.31. The van der Waals surface area contributed by atoms with Crippen LogP contribution < -0.4 is 10.5 Å². The van der Waals surface area contributed by atoms with Crippen molar-refractivity contribution >= 4 is 21.7 Å². The summed E-state index contributed by atoms with van der Waals surface area (Å²) >= 11 is 0. The Hall–Kier alpha value is -1.60. The minimum Gasteiger partial charge on any atom is -0.478 e. The summed E-state index contributed by atoms with van der Waals surface area (Å²) in [7, 11) is -3.86. The Bertz CT molecular complexity index is 621. The zero-order valence-electron chi connectivity index (χ0n) is 10.5. The van der Waals surface area contributed by atoms with Crippen molar-refractivity contribution in [1.82, 2.24) is 4.72 Å². The predicted molar refractivity (Wildman–Crippen MR) is 70.4 cm³/mol. The van der Waals surface area contributed by atoms with Gasteiger partial charge in [0.15, 0.2) is 0 Å². The highest BCUT2D eigenvalue weighted by Crippen LogP contribution is 2.33. The maximum absolute atomic E-state index is 12.3. The van der Waals surface area contributed by atoms with Gasteiger partial charge in [0.05, 0.1) is 10.5 Å². The lowest BCUT2D eigenvalue weighted by Gasteiger charge is -2.38. The summed E-state index contributed by atoms with van der Waals surface area (Å²) in [6, 6.07) is 3.76. The van der Waals surface area contributed by atoms with Crippen molar-refractivity contribution in [2.24, 2.45) is 0 Å². The fourth-order valence-electron chi connectivity index (χ4n) is 2.14. The Morgan fingerprint density at radius 3 is 2.53 bits per heavy atom. The van der Waals surface area contributed by atoms with Gasteiger partial charge in [-0.25, -0.2) is 17.9 Å². The predicted octanol–water partition coefficient (Wildman–Crippen LogP) is 1.19. The van der Waals surface area contributed by atoms with Crippen molar-refractivity contribution in [1.29, 1.82) is 0 Å². The number of carboxylic acids is 1. The number of carbonyl (C=O) groups is 1. The Kier molecular flexibility index (Phi) is 3.27. The Morgan fingerprint density at radius 1 is 1.42 bits per heavy atom. The highest BCUT2D eigenvalue weighted by Gasteiger charge is 2.37. The average Bonchev–Trinajstić information content (AvgIpc) is 2.25. The van der Waals surface area contributed by atoms with E-state index in [9.17, 15) is 13.2 Å². The van der Waals surface area contributed by atoms with Gasteiger partial charge in [-0.15, -0.1) is 0 Å². The molecule has 1 aliphatic carbocycles. The zero-order valence-corrected chi connectivity index (χ0v) is 11.3. The van der Waals surface area contributed by atoms with Crippen molar-refractivity contribution in [3.05, 3.63) is 23.8 Å². The molecule has 19 heavy (non-hydrogen) atoms. The molecule has 0 radical (unpaired) electrons. The van der Waals surface area contributed by atoms with Crippen LogP contribution in [0.15, 0.2) is 23.1 Å². The molecule has 4 N–H and O–H groups in total. The molecule has 0 unspecified atom stereocenters. The molecular weight excluding hydrogens is 268 g/mol. The van der Waals surface area contributed by atoms with Crippen molar-refractivity contribution < 1.29 is 18.3 Å². The van der Waals surface area contributed by atoms with E-state index in [-0.39, 0.29) is 16.1 Å². The van der Waals surface area contributed by atoms with E-state index < -0.39 is 21.5 Å². The Morgan fingerprint density at radius 2 is 2.05 bits per heavy atom. The third-order valence-electron chi connectivity index (χ3n) is 3.36. The van der Waals surface area contributed by atoms with E-state index in [1.165, 1.54) is 12.1 Å². The number of carboxylic acid groups (broad SMARTS) is 1. The van der Waals surface area contributed by atoms with Crippen LogP contribution in [0.5, 0.6) is 0 Å². The third kappa shape index (κ3) is 2.71. The molecule has 0 heterocycles. The van der Waals surface area contributed by atoms with Crippen LogP contribution in [0.4, 0.5) is 5.69 Å². The number of aromatic carboxylic acids is 1. The van der Waals surface area contributed by atoms with Gasteiger partial charge in [0.25, 0.3) is 0 Å². The largest absolute Gasteiger partial charge is 0.478 e. The Labute approximate surface area is 111 Å². The number of benzene rings is 1. The molecule has 104 valence electrons. The molecule has 6 nitrogen and oxygen atoms in total. The SMILES string of the molecule is CC1(NS(=O)(=O)c2ccc(N)cc2C(=O)O)CCC1. The summed E-state index contributed by atoms with van der Waals surface area (Å²) in [4.78, 5) is 10.9. The second-order valence-electron chi connectivity index (χ2n) is 5.08. The van der Waals surface area contributed by atoms with E-state index in [4.69, 9.17) is 10.8 Å². The number of hydrogen-bond acceptors (Lipinski definition) is 4. The van der Waals surface area contributed by atoms with E-state index in [0.29, 0.717) is 0 Å². The van der Waals surface area contributed by atoms with Gasteiger partial charge in [0.2, 0.25) is 10.0 Å². The molecular formula is C12H16N2O4S. The summed E-state index contributed by atoms with van der Waals surface area (Å²) in [5.41, 5.74) is 4.92. The first-order valence-corrected chi connectivity index (χ1v) is 7.39. The molecule has 2 rings (SSSR count). The molecule has 0 saturated heterocycles. The normalized spacial score (nSPS) is 17.7. The maximum atomic E-state index is 12.3. The number of nitrogens with two attached hydrogens (primary N) is 1. The molecule has 0 amide bonds. The van der Waals surface area contributed by atoms with Crippen LogP contribution in [-0.2, 0) is 10.0 Å². The van der Waals surface area contributed by atoms with E-state index >= 15 is 0 Å². The quantitative estimate of drug-likeness (QED) is 0.719. The second kappa shape index (κ2) is 4.50. The monoisotopic (exact) mass is 284 g/mol. The van der Waals surface area contributed by atoms with Gasteiger partial charge < -0.3 is 10.8 Å². The van der Waals surface area contributed by atoms with Gasteiger partial charge in [-0.05, 0) is 44.4 Å². The lowest BCUT2D eigenvalue weighted by molar-refractivity contribution is 0.0692. The standard InChI is InChI=1S/C12H16N2O4S/c1-12(5-2-6-12)14-19(17,18)10-4-3-8(13)7-9(10)11(15)16/h3-4,7,14H,2,5-6,13H2,1H3,(H,15,16). The van der Waals surface area contributed by atoms with Gasteiger partial charge in [-0.2, -0.15) is 0 Å². The molecule has 0 spiro atoms. The molecule has 1 aliphatic rings. The minimum atomic E-state index is -3.86. The van der Waals surface area contributed by atoms with Crippen LogP contribution in [0, 0.1) is 0 Å². The summed E-state index contributed by atoms with van der Waals surface area (Å²) in [5, 5.41) is 9.08. The summed E-state index contributed by atoms with van der Waals surface area (Å²) < 4.78 is 27.1. The van der Waals surface area contributed by atoms with E-state index in [0.717, 1.165) is 25.3 Å². The molecule has 0 atom stereocenters. The molecule has 1 aromatic rings. The molecule has 0 aliphatic heterocycles. The number of anilines is 1. The molecule has 0 aromatic heterocycles. The van der Waals surface area contributed by atoms with Gasteiger partial charge >= 0.3 is 5.97 Å². The lowest BCUT2D eigenvalue weighted by Crippen LogP contribution is -2.50. The molecule has 1 aromatic carbocycles. The van der Waals surface area contributed by atoms with Crippen molar-refractivity contribution in [2.75, 3.05) is 5.73 Å². The van der Waals surface area contributed by atoms with E-state index in [1.54, 1.807) is 0 Å². The van der Waals surface area contributed by atoms with Gasteiger partial charge in [-0.1, -0.05) is 0 Å². The van der Waals surface area contributed by atoms with Gasteiger partial charge in [0, 0.05) is 11.2 Å². The molecule has 1 saturated carbocycles. The first-order valence-electron chi connectivity index (χ1n) is 5.90. The van der Waals surface area contributed by atoms with Crippen molar-refractivity contribution in [3.8, 4) is 0 Å². The highest BCUT2D eigenvalue weighted by molar-refractivity contribution is 7.89. The number of nitrogens with one attached hydrogen (secondary N) is 1. The third-order valence-corrected chi connectivity index (χ3v) is 5.06. The minimum absolute atomic E-state index is 0.214. The van der Waals surface area contributed by atoms with E-state index in [1.807, 2.05) is 6.92 Å². The first kappa shape index (κ1) is 13.8. The number of sulfonamides is 1. The fraction of sp³-hybridized carbons (Fsp3) is 0.417. The van der Waals surface area contributed by atoms with Crippen molar-refractivity contribution in [2.45, 2.75) is 36.6 Å².